The Hall–Kier alpha value is 0.270. The quantitative estimate of drug-likeness (QED) is 0.454. The van der Waals surface area contributed by atoms with E-state index in [2.05, 4.69) is 23.7 Å². The van der Waals surface area contributed by atoms with Crippen molar-refractivity contribution < 1.29 is 0 Å². The number of nitrogens with one attached hydrogen (secondary N) is 1. The van der Waals surface area contributed by atoms with Crippen molar-refractivity contribution in [3.8, 4) is 0 Å². The van der Waals surface area contributed by atoms with Crippen LogP contribution in [-0.4, -0.2) is 36.7 Å². The summed E-state index contributed by atoms with van der Waals surface area (Å²) in [6.45, 7) is 2.43. The molecule has 0 amide bonds. The van der Waals surface area contributed by atoms with Crippen molar-refractivity contribution >= 4 is 11.9 Å². The van der Waals surface area contributed by atoms with E-state index in [9.17, 15) is 0 Å². The zero-order valence-electron chi connectivity index (χ0n) is 6.80. The fourth-order valence-electron chi connectivity index (χ4n) is 1.25. The molecule has 1 N–H and O–H groups in total. The van der Waals surface area contributed by atoms with Gasteiger partial charge in [0.1, 0.15) is 5.25 Å². The molecule has 0 unspecified atom stereocenters. The number of nitrogens with zero attached hydrogens (tertiary/aromatic N) is 1. The van der Waals surface area contributed by atoms with Crippen LogP contribution in [0.3, 0.4) is 0 Å². The van der Waals surface area contributed by atoms with Gasteiger partial charge in [0.05, 0.1) is 11.9 Å². The standard InChI is InChI=1S/C7H16N2S/c1-9(2)10-7-3-5-8-6-4-7/h7-8H,3-6H2,1-2H3/p+1. The highest BCUT2D eigenvalue weighted by Gasteiger charge is 2.20. The second-order valence-corrected chi connectivity index (χ2v) is 4.71. The molecule has 1 aliphatic heterocycles. The molecule has 0 bridgehead atoms. The highest BCUT2D eigenvalue weighted by molar-refractivity contribution is 7.76. The van der Waals surface area contributed by atoms with Crippen molar-refractivity contribution in [2.75, 3.05) is 27.2 Å². The van der Waals surface area contributed by atoms with Crippen LogP contribution in [0.4, 0.5) is 0 Å². The molecule has 1 rings (SSSR count). The van der Waals surface area contributed by atoms with Gasteiger partial charge in [0.2, 0.25) is 0 Å². The smallest absolute Gasteiger partial charge is 0.137 e. The Morgan fingerprint density at radius 2 is 1.90 bits per heavy atom. The third-order valence-electron chi connectivity index (χ3n) is 1.70. The first kappa shape index (κ1) is 8.37. The molecular formula is C7H17N2S+. The van der Waals surface area contributed by atoms with Crippen molar-refractivity contribution in [1.82, 2.24) is 9.62 Å². The van der Waals surface area contributed by atoms with Crippen LogP contribution in [0.2, 0.25) is 0 Å². The fourth-order valence-corrected chi connectivity index (χ4v) is 2.39. The predicted octanol–water partition coefficient (Wildman–Crippen LogP) is 0.0299. The summed E-state index contributed by atoms with van der Waals surface area (Å²) >= 11 is 1.50. The minimum atomic E-state index is 0.913. The van der Waals surface area contributed by atoms with Crippen LogP contribution in [0.15, 0.2) is 0 Å². The highest BCUT2D eigenvalue weighted by atomic mass is 32.2. The van der Waals surface area contributed by atoms with Gasteiger partial charge in [0.15, 0.2) is 0 Å². The normalized spacial score (nSPS) is 21.9. The molecule has 0 atom stereocenters. The van der Waals surface area contributed by atoms with Crippen LogP contribution in [0.25, 0.3) is 0 Å². The van der Waals surface area contributed by atoms with E-state index in [1.165, 1.54) is 37.9 Å². The number of thiol groups is 1. The third-order valence-corrected chi connectivity index (χ3v) is 3.01. The van der Waals surface area contributed by atoms with Crippen LogP contribution in [0, 0.1) is 0 Å². The van der Waals surface area contributed by atoms with Crippen molar-refractivity contribution in [1.29, 1.82) is 0 Å². The van der Waals surface area contributed by atoms with Gasteiger partial charge in [-0.3, -0.25) is 0 Å². The van der Waals surface area contributed by atoms with Gasteiger partial charge in [-0.25, -0.2) is 0 Å². The van der Waals surface area contributed by atoms with E-state index in [0.717, 1.165) is 5.25 Å². The Bertz CT molecular complexity index is 89.6. The molecule has 0 saturated carbocycles. The molecule has 0 aliphatic carbocycles. The zero-order chi connectivity index (χ0) is 7.40. The second-order valence-electron chi connectivity index (χ2n) is 2.94. The van der Waals surface area contributed by atoms with Crippen LogP contribution in [0.5, 0.6) is 0 Å². The van der Waals surface area contributed by atoms with Crippen molar-refractivity contribution in [3.05, 3.63) is 0 Å². The lowest BCUT2D eigenvalue weighted by Crippen LogP contribution is -2.34. The lowest BCUT2D eigenvalue weighted by molar-refractivity contribution is 0.521. The minimum absolute atomic E-state index is 0.913. The first-order chi connectivity index (χ1) is 4.79. The molecule has 0 aromatic rings. The molecule has 0 aromatic carbocycles. The summed E-state index contributed by atoms with van der Waals surface area (Å²) in [5.41, 5.74) is 0. The molecule has 10 heavy (non-hydrogen) atoms. The summed E-state index contributed by atoms with van der Waals surface area (Å²) in [4.78, 5) is 0. The number of piperidine rings is 1. The van der Waals surface area contributed by atoms with E-state index in [1.807, 2.05) is 0 Å². The molecule has 3 heteroatoms. The Morgan fingerprint density at radius 1 is 1.30 bits per heavy atom. The summed E-state index contributed by atoms with van der Waals surface area (Å²) < 4.78 is 2.26. The van der Waals surface area contributed by atoms with E-state index in [-0.39, 0.29) is 0 Å². The lowest BCUT2D eigenvalue weighted by Gasteiger charge is -2.17. The Labute approximate surface area is 67.5 Å². The lowest BCUT2D eigenvalue weighted by atomic mass is 10.2. The molecule has 1 heterocycles. The molecular weight excluding hydrogens is 144 g/mol. The van der Waals surface area contributed by atoms with Gasteiger partial charge in [0.25, 0.3) is 0 Å². The summed E-state index contributed by atoms with van der Waals surface area (Å²) in [6, 6.07) is 0. The van der Waals surface area contributed by atoms with E-state index in [1.54, 1.807) is 0 Å². The monoisotopic (exact) mass is 161 g/mol. The number of rotatable bonds is 2. The van der Waals surface area contributed by atoms with E-state index < -0.39 is 0 Å². The summed E-state index contributed by atoms with van der Waals surface area (Å²) in [5.74, 6) is 0. The molecule has 0 radical (unpaired) electrons. The van der Waals surface area contributed by atoms with Gasteiger partial charge < -0.3 is 5.32 Å². The van der Waals surface area contributed by atoms with E-state index >= 15 is 0 Å². The Morgan fingerprint density at radius 3 is 2.40 bits per heavy atom. The molecule has 2 nitrogen and oxygen atoms in total. The first-order valence-electron chi connectivity index (χ1n) is 3.88. The average Bonchev–Trinajstić information content (AvgIpc) is 1.88. The maximum Gasteiger partial charge on any atom is 0.137 e. The second kappa shape index (κ2) is 4.21. The summed E-state index contributed by atoms with van der Waals surface area (Å²) in [6.07, 6.45) is 2.69. The van der Waals surface area contributed by atoms with Gasteiger partial charge >= 0.3 is 0 Å². The average molecular weight is 161 g/mol. The Kier molecular flexibility index (Phi) is 3.52. The zero-order valence-corrected chi connectivity index (χ0v) is 7.69. The maximum atomic E-state index is 3.36. The van der Waals surface area contributed by atoms with Crippen LogP contribution < -0.4 is 5.32 Å². The van der Waals surface area contributed by atoms with Crippen molar-refractivity contribution in [2.24, 2.45) is 0 Å². The van der Waals surface area contributed by atoms with Gasteiger partial charge in [-0.1, -0.05) is 0 Å². The first-order valence-corrected chi connectivity index (χ1v) is 4.79. The third kappa shape index (κ3) is 2.90. The van der Waals surface area contributed by atoms with Gasteiger partial charge in [-0.2, -0.15) is 0 Å². The molecule has 1 saturated heterocycles. The predicted molar refractivity (Wildman–Crippen MR) is 48.3 cm³/mol. The van der Waals surface area contributed by atoms with Crippen molar-refractivity contribution in [3.63, 3.8) is 0 Å². The number of hydrogen-bond acceptors (Lipinski definition) is 2. The molecule has 0 spiro atoms. The SMILES string of the molecule is CN(C)[SH+]C1CCNCC1. The molecule has 1 fully saturated rings. The largest absolute Gasteiger partial charge is 0.316 e. The van der Waals surface area contributed by atoms with Gasteiger partial charge in [-0.15, -0.1) is 4.31 Å². The van der Waals surface area contributed by atoms with E-state index in [4.69, 9.17) is 0 Å². The number of hydrogen-bond donors (Lipinski definition) is 1. The van der Waals surface area contributed by atoms with Gasteiger partial charge in [-0.05, 0) is 13.1 Å². The fraction of sp³-hybridized carbons (Fsp3) is 1.00. The molecule has 60 valence electrons. The Balaban J connectivity index is 2.13. The van der Waals surface area contributed by atoms with Crippen molar-refractivity contribution in [2.45, 2.75) is 18.1 Å². The minimum Gasteiger partial charge on any atom is -0.316 e. The maximum absolute atomic E-state index is 3.36. The summed E-state index contributed by atoms with van der Waals surface area (Å²) in [7, 11) is 4.28. The topological polar surface area (TPSA) is 15.3 Å². The molecule has 1 aliphatic rings. The van der Waals surface area contributed by atoms with Crippen LogP contribution in [0.1, 0.15) is 12.8 Å². The van der Waals surface area contributed by atoms with E-state index in [0.29, 0.717) is 0 Å². The summed E-state index contributed by atoms with van der Waals surface area (Å²) in [5, 5.41) is 4.28. The highest BCUT2D eigenvalue weighted by Crippen LogP contribution is 2.07. The molecule has 0 aromatic heterocycles. The van der Waals surface area contributed by atoms with Crippen LogP contribution in [-0.2, 0) is 11.9 Å². The van der Waals surface area contributed by atoms with Crippen LogP contribution >= 0.6 is 0 Å². The van der Waals surface area contributed by atoms with Gasteiger partial charge in [0, 0.05) is 26.9 Å².